The molecule has 6 heteroatoms. The molecule has 2 rings (SSSR count). The summed E-state index contributed by atoms with van der Waals surface area (Å²) >= 11 is 5.99. The number of nitrogens with two attached hydrogens (primary N) is 1. The van der Waals surface area contributed by atoms with Gasteiger partial charge < -0.3 is 10.3 Å². The standard InChI is InChI=1S/C10H14ClN5/c1-3-4-5-6-13-7-8(16(6)2)9(11)14-15-10(7)12/h3-5H2,1-2H3,(H2,12,15). The molecule has 0 aliphatic heterocycles. The maximum Gasteiger partial charge on any atom is 0.177 e. The average molecular weight is 240 g/mol. The van der Waals surface area contributed by atoms with Crippen LogP contribution in [0.25, 0.3) is 11.0 Å². The number of hydrogen-bond donors (Lipinski definition) is 1. The van der Waals surface area contributed by atoms with E-state index in [0.29, 0.717) is 16.5 Å². The van der Waals surface area contributed by atoms with E-state index >= 15 is 0 Å². The number of anilines is 1. The lowest BCUT2D eigenvalue weighted by Gasteiger charge is -2.01. The van der Waals surface area contributed by atoms with E-state index in [9.17, 15) is 0 Å². The molecule has 0 atom stereocenters. The van der Waals surface area contributed by atoms with Crippen LogP contribution in [-0.2, 0) is 13.5 Å². The Labute approximate surface area is 98.6 Å². The Kier molecular flexibility index (Phi) is 2.96. The second-order valence-corrected chi connectivity index (χ2v) is 4.12. The minimum absolute atomic E-state index is 0.331. The summed E-state index contributed by atoms with van der Waals surface area (Å²) in [6.07, 6.45) is 3.13. The third kappa shape index (κ3) is 1.71. The van der Waals surface area contributed by atoms with Crippen LogP contribution in [0.5, 0.6) is 0 Å². The Morgan fingerprint density at radius 2 is 2.12 bits per heavy atom. The number of imidazole rings is 1. The Morgan fingerprint density at radius 1 is 1.38 bits per heavy atom. The number of hydrogen-bond acceptors (Lipinski definition) is 4. The molecule has 0 spiro atoms. The van der Waals surface area contributed by atoms with Gasteiger partial charge in [0.05, 0.1) is 0 Å². The van der Waals surface area contributed by atoms with Gasteiger partial charge in [-0.3, -0.25) is 0 Å². The van der Waals surface area contributed by atoms with E-state index in [1.54, 1.807) is 0 Å². The van der Waals surface area contributed by atoms with Crippen LogP contribution in [0.4, 0.5) is 5.82 Å². The zero-order valence-corrected chi connectivity index (χ0v) is 10.1. The van der Waals surface area contributed by atoms with Crippen molar-refractivity contribution in [2.75, 3.05) is 5.73 Å². The Hall–Kier alpha value is -1.36. The van der Waals surface area contributed by atoms with Crippen molar-refractivity contribution in [1.29, 1.82) is 0 Å². The van der Waals surface area contributed by atoms with Crippen LogP contribution in [0.15, 0.2) is 0 Å². The first kappa shape index (κ1) is 11.1. The molecule has 2 N–H and O–H groups in total. The van der Waals surface area contributed by atoms with Gasteiger partial charge in [0.25, 0.3) is 0 Å². The van der Waals surface area contributed by atoms with Crippen LogP contribution in [-0.4, -0.2) is 19.7 Å². The van der Waals surface area contributed by atoms with Gasteiger partial charge in [-0.25, -0.2) is 4.98 Å². The molecule has 0 fully saturated rings. The highest BCUT2D eigenvalue weighted by Crippen LogP contribution is 2.24. The Morgan fingerprint density at radius 3 is 2.75 bits per heavy atom. The van der Waals surface area contributed by atoms with E-state index in [1.807, 2.05) is 11.6 Å². The van der Waals surface area contributed by atoms with E-state index < -0.39 is 0 Å². The molecular weight excluding hydrogens is 226 g/mol. The number of unbranched alkanes of at least 4 members (excludes halogenated alkanes) is 1. The third-order valence-electron chi connectivity index (χ3n) is 2.63. The maximum atomic E-state index is 5.99. The molecule has 2 aromatic heterocycles. The van der Waals surface area contributed by atoms with Crippen molar-refractivity contribution in [3.63, 3.8) is 0 Å². The molecule has 2 aromatic rings. The number of nitrogens with zero attached hydrogens (tertiary/aromatic N) is 4. The van der Waals surface area contributed by atoms with Gasteiger partial charge in [0.1, 0.15) is 16.9 Å². The molecule has 0 unspecified atom stereocenters. The van der Waals surface area contributed by atoms with Gasteiger partial charge in [0, 0.05) is 13.5 Å². The fourth-order valence-electron chi connectivity index (χ4n) is 1.71. The largest absolute Gasteiger partial charge is 0.380 e. The van der Waals surface area contributed by atoms with Gasteiger partial charge in [-0.15, -0.1) is 10.2 Å². The van der Waals surface area contributed by atoms with Crippen LogP contribution in [0.1, 0.15) is 25.6 Å². The van der Waals surface area contributed by atoms with Gasteiger partial charge in [-0.1, -0.05) is 24.9 Å². The van der Waals surface area contributed by atoms with Crippen molar-refractivity contribution in [2.45, 2.75) is 26.2 Å². The molecule has 0 aromatic carbocycles. The molecule has 0 saturated carbocycles. The summed E-state index contributed by atoms with van der Waals surface area (Å²) in [4.78, 5) is 4.46. The number of aromatic nitrogens is 4. The van der Waals surface area contributed by atoms with Gasteiger partial charge in [0.15, 0.2) is 11.0 Å². The molecule has 0 amide bonds. The van der Waals surface area contributed by atoms with Crippen LogP contribution in [0, 0.1) is 0 Å². The highest BCUT2D eigenvalue weighted by molar-refractivity contribution is 6.33. The molecule has 0 aliphatic carbocycles. The van der Waals surface area contributed by atoms with E-state index in [1.165, 1.54) is 0 Å². The summed E-state index contributed by atoms with van der Waals surface area (Å²) in [6, 6.07) is 0. The van der Waals surface area contributed by atoms with Crippen LogP contribution >= 0.6 is 11.6 Å². The van der Waals surface area contributed by atoms with Crippen molar-refractivity contribution in [3.05, 3.63) is 11.0 Å². The minimum atomic E-state index is 0.331. The fourth-order valence-corrected chi connectivity index (χ4v) is 1.96. The third-order valence-corrected chi connectivity index (χ3v) is 2.88. The molecule has 0 radical (unpaired) electrons. The number of halogens is 1. The Bertz CT molecular complexity index is 519. The minimum Gasteiger partial charge on any atom is -0.380 e. The molecule has 0 saturated heterocycles. The number of nitrogen functional groups attached to an aromatic ring is 1. The van der Waals surface area contributed by atoms with Crippen molar-refractivity contribution in [1.82, 2.24) is 19.7 Å². The predicted octanol–water partition coefficient (Wildman–Crippen LogP) is 1.94. The predicted molar refractivity (Wildman–Crippen MR) is 64.3 cm³/mol. The van der Waals surface area contributed by atoms with Crippen LogP contribution in [0.2, 0.25) is 5.15 Å². The van der Waals surface area contributed by atoms with E-state index in [-0.39, 0.29) is 0 Å². The molecule has 0 aliphatic rings. The zero-order valence-electron chi connectivity index (χ0n) is 9.37. The normalized spacial score (nSPS) is 11.2. The first-order chi connectivity index (χ1) is 7.65. The lowest BCUT2D eigenvalue weighted by atomic mass is 10.2. The van der Waals surface area contributed by atoms with Gasteiger partial charge in [-0.2, -0.15) is 0 Å². The van der Waals surface area contributed by atoms with E-state index in [0.717, 1.165) is 30.6 Å². The lowest BCUT2D eigenvalue weighted by molar-refractivity contribution is 0.720. The highest BCUT2D eigenvalue weighted by atomic mass is 35.5. The Balaban J connectivity index is 2.58. The molecule has 5 nitrogen and oxygen atoms in total. The van der Waals surface area contributed by atoms with Crippen LogP contribution in [0.3, 0.4) is 0 Å². The fraction of sp³-hybridized carbons (Fsp3) is 0.500. The van der Waals surface area contributed by atoms with Crippen molar-refractivity contribution in [3.8, 4) is 0 Å². The molecule has 86 valence electrons. The number of aryl methyl sites for hydroxylation is 2. The zero-order chi connectivity index (χ0) is 11.7. The summed E-state index contributed by atoms with van der Waals surface area (Å²) < 4.78 is 1.94. The van der Waals surface area contributed by atoms with Gasteiger partial charge in [-0.05, 0) is 6.42 Å². The number of rotatable bonds is 3. The van der Waals surface area contributed by atoms with Gasteiger partial charge in [0.2, 0.25) is 0 Å². The van der Waals surface area contributed by atoms with Crippen molar-refractivity contribution < 1.29 is 0 Å². The maximum absolute atomic E-state index is 5.99. The average Bonchev–Trinajstić information content (AvgIpc) is 2.60. The van der Waals surface area contributed by atoms with Crippen molar-refractivity contribution >= 4 is 28.5 Å². The monoisotopic (exact) mass is 239 g/mol. The smallest absolute Gasteiger partial charge is 0.177 e. The molecular formula is C10H14ClN5. The second-order valence-electron chi connectivity index (χ2n) is 3.76. The van der Waals surface area contributed by atoms with Crippen LogP contribution < -0.4 is 5.73 Å². The molecule has 16 heavy (non-hydrogen) atoms. The van der Waals surface area contributed by atoms with E-state index in [4.69, 9.17) is 17.3 Å². The lowest BCUT2D eigenvalue weighted by Crippen LogP contribution is -1.99. The topological polar surface area (TPSA) is 69.6 Å². The summed E-state index contributed by atoms with van der Waals surface area (Å²) in [5.74, 6) is 1.30. The first-order valence-corrected chi connectivity index (χ1v) is 5.66. The summed E-state index contributed by atoms with van der Waals surface area (Å²) in [6.45, 7) is 2.15. The summed E-state index contributed by atoms with van der Waals surface area (Å²) in [5, 5.41) is 7.90. The SMILES string of the molecule is CCCCc1nc2c(N)nnc(Cl)c2n1C. The van der Waals surface area contributed by atoms with Crippen molar-refractivity contribution in [2.24, 2.45) is 7.05 Å². The first-order valence-electron chi connectivity index (χ1n) is 5.28. The highest BCUT2D eigenvalue weighted by Gasteiger charge is 2.14. The number of fused-ring (bicyclic) bond motifs is 1. The quantitative estimate of drug-likeness (QED) is 0.889. The summed E-state index contributed by atoms with van der Waals surface area (Å²) in [5.41, 5.74) is 7.14. The van der Waals surface area contributed by atoms with Gasteiger partial charge >= 0.3 is 0 Å². The second kappa shape index (κ2) is 4.25. The summed E-state index contributed by atoms with van der Waals surface area (Å²) in [7, 11) is 1.92. The molecule has 2 heterocycles. The van der Waals surface area contributed by atoms with E-state index in [2.05, 4.69) is 22.1 Å². The molecule has 0 bridgehead atoms.